The van der Waals surface area contributed by atoms with Gasteiger partial charge in [-0.15, -0.1) is 0 Å². The third-order valence-corrected chi connectivity index (χ3v) is 2.74. The van der Waals surface area contributed by atoms with Crippen molar-refractivity contribution in [2.75, 3.05) is 7.11 Å². The Morgan fingerprint density at radius 1 is 1.42 bits per heavy atom. The highest BCUT2D eigenvalue weighted by Crippen LogP contribution is 2.27. The van der Waals surface area contributed by atoms with Gasteiger partial charge in [0, 0.05) is 7.11 Å². The average Bonchev–Trinajstić information content (AvgIpc) is 2.16. The van der Waals surface area contributed by atoms with Crippen LogP contribution in [-0.2, 0) is 9.53 Å². The van der Waals surface area contributed by atoms with E-state index < -0.39 is 0 Å². The Hall–Kier alpha value is -0.370. The fraction of sp³-hybridized carbons (Fsp3) is 0.900. The van der Waals surface area contributed by atoms with Crippen LogP contribution < -0.4 is 0 Å². The summed E-state index contributed by atoms with van der Waals surface area (Å²) in [6.07, 6.45) is 8.30. The SMILES string of the molecule is COC(C=O)CC1CCCCC1. The topological polar surface area (TPSA) is 26.3 Å². The lowest BCUT2D eigenvalue weighted by molar-refractivity contribution is -0.117. The van der Waals surface area contributed by atoms with Crippen LogP contribution in [0.15, 0.2) is 0 Å². The summed E-state index contributed by atoms with van der Waals surface area (Å²) in [6.45, 7) is 0. The third-order valence-electron chi connectivity index (χ3n) is 2.74. The molecule has 70 valence electrons. The molecule has 12 heavy (non-hydrogen) atoms. The molecular weight excluding hydrogens is 152 g/mol. The Balaban J connectivity index is 2.22. The molecule has 2 heteroatoms. The van der Waals surface area contributed by atoms with Gasteiger partial charge in [-0.05, 0) is 12.3 Å². The van der Waals surface area contributed by atoms with Crippen molar-refractivity contribution < 1.29 is 9.53 Å². The predicted octanol–water partition coefficient (Wildman–Crippen LogP) is 2.17. The molecule has 0 aromatic carbocycles. The highest BCUT2D eigenvalue weighted by atomic mass is 16.5. The summed E-state index contributed by atoms with van der Waals surface area (Å²) in [5, 5.41) is 0. The van der Waals surface area contributed by atoms with E-state index in [4.69, 9.17) is 4.74 Å². The maximum absolute atomic E-state index is 10.5. The number of ether oxygens (including phenoxy) is 1. The Bertz CT molecular complexity index is 128. The van der Waals surface area contributed by atoms with E-state index in [0.717, 1.165) is 18.6 Å². The van der Waals surface area contributed by atoms with Crippen LogP contribution in [0.4, 0.5) is 0 Å². The summed E-state index contributed by atoms with van der Waals surface area (Å²) < 4.78 is 5.03. The van der Waals surface area contributed by atoms with Gasteiger partial charge in [-0.25, -0.2) is 0 Å². The van der Waals surface area contributed by atoms with Crippen molar-refractivity contribution in [1.82, 2.24) is 0 Å². The van der Waals surface area contributed by atoms with Crippen molar-refractivity contribution in [2.45, 2.75) is 44.6 Å². The van der Waals surface area contributed by atoms with Crippen LogP contribution in [0.3, 0.4) is 0 Å². The first-order valence-corrected chi connectivity index (χ1v) is 4.85. The highest BCUT2D eigenvalue weighted by Gasteiger charge is 2.17. The van der Waals surface area contributed by atoms with E-state index in [9.17, 15) is 4.79 Å². The number of aldehydes is 1. The van der Waals surface area contributed by atoms with Crippen molar-refractivity contribution in [2.24, 2.45) is 5.92 Å². The summed E-state index contributed by atoms with van der Waals surface area (Å²) in [5.74, 6) is 0.730. The monoisotopic (exact) mass is 170 g/mol. The number of hydrogen-bond donors (Lipinski definition) is 0. The molecule has 0 aromatic rings. The number of carbonyl (C=O) groups excluding carboxylic acids is 1. The summed E-state index contributed by atoms with van der Waals surface area (Å²) in [6, 6.07) is 0. The molecule has 1 aliphatic carbocycles. The number of carbonyl (C=O) groups is 1. The first-order chi connectivity index (χ1) is 5.86. The van der Waals surface area contributed by atoms with Crippen LogP contribution in [0, 0.1) is 5.92 Å². The Labute approximate surface area is 74.3 Å². The van der Waals surface area contributed by atoms with Gasteiger partial charge in [0.25, 0.3) is 0 Å². The quantitative estimate of drug-likeness (QED) is 0.604. The largest absolute Gasteiger partial charge is 0.374 e. The van der Waals surface area contributed by atoms with Crippen molar-refractivity contribution in [3.05, 3.63) is 0 Å². The van der Waals surface area contributed by atoms with Crippen molar-refractivity contribution in [3.8, 4) is 0 Å². The Morgan fingerprint density at radius 2 is 2.08 bits per heavy atom. The van der Waals surface area contributed by atoms with Gasteiger partial charge in [-0.2, -0.15) is 0 Å². The molecule has 0 radical (unpaired) electrons. The Morgan fingerprint density at radius 3 is 2.58 bits per heavy atom. The molecule has 2 nitrogen and oxygen atoms in total. The second-order valence-corrected chi connectivity index (χ2v) is 3.65. The molecule has 1 rings (SSSR count). The lowest BCUT2D eigenvalue weighted by Crippen LogP contribution is -2.19. The van der Waals surface area contributed by atoms with E-state index in [1.165, 1.54) is 32.1 Å². The molecule has 0 aromatic heterocycles. The van der Waals surface area contributed by atoms with Gasteiger partial charge in [0.15, 0.2) is 0 Å². The van der Waals surface area contributed by atoms with E-state index in [0.29, 0.717) is 0 Å². The number of methoxy groups -OCH3 is 1. The maximum atomic E-state index is 10.5. The van der Waals surface area contributed by atoms with Gasteiger partial charge < -0.3 is 9.53 Å². The third kappa shape index (κ3) is 2.94. The zero-order valence-corrected chi connectivity index (χ0v) is 7.79. The zero-order chi connectivity index (χ0) is 8.81. The van der Waals surface area contributed by atoms with Crippen LogP contribution in [0.5, 0.6) is 0 Å². The minimum absolute atomic E-state index is 0.159. The summed E-state index contributed by atoms with van der Waals surface area (Å²) in [7, 11) is 1.61. The Kier molecular flexibility index (Phi) is 4.30. The average molecular weight is 170 g/mol. The fourth-order valence-electron chi connectivity index (χ4n) is 1.96. The minimum Gasteiger partial charge on any atom is -0.374 e. The lowest BCUT2D eigenvalue weighted by atomic mass is 9.85. The van der Waals surface area contributed by atoms with E-state index >= 15 is 0 Å². The van der Waals surface area contributed by atoms with Gasteiger partial charge in [0.1, 0.15) is 12.4 Å². The fourth-order valence-corrected chi connectivity index (χ4v) is 1.96. The summed E-state index contributed by atoms with van der Waals surface area (Å²) >= 11 is 0. The molecule has 0 saturated heterocycles. The summed E-state index contributed by atoms with van der Waals surface area (Å²) in [4.78, 5) is 10.5. The van der Waals surface area contributed by atoms with Crippen LogP contribution in [-0.4, -0.2) is 19.5 Å². The molecule has 1 fully saturated rings. The van der Waals surface area contributed by atoms with Crippen LogP contribution in [0.25, 0.3) is 0 Å². The smallest absolute Gasteiger partial charge is 0.148 e. The van der Waals surface area contributed by atoms with Gasteiger partial charge in [-0.1, -0.05) is 32.1 Å². The molecule has 0 N–H and O–H groups in total. The van der Waals surface area contributed by atoms with Gasteiger partial charge in [0.05, 0.1) is 0 Å². The molecule has 1 atom stereocenters. The predicted molar refractivity (Wildman–Crippen MR) is 48.1 cm³/mol. The van der Waals surface area contributed by atoms with E-state index in [2.05, 4.69) is 0 Å². The minimum atomic E-state index is -0.159. The molecule has 0 amide bonds. The first kappa shape index (κ1) is 9.72. The molecule has 1 unspecified atom stereocenters. The maximum Gasteiger partial charge on any atom is 0.148 e. The van der Waals surface area contributed by atoms with Crippen LogP contribution >= 0.6 is 0 Å². The molecule has 0 heterocycles. The standard InChI is InChI=1S/C10H18O2/c1-12-10(8-11)7-9-5-3-2-4-6-9/h8-10H,2-7H2,1H3. The molecule has 0 spiro atoms. The van der Waals surface area contributed by atoms with Crippen LogP contribution in [0.1, 0.15) is 38.5 Å². The van der Waals surface area contributed by atoms with Gasteiger partial charge >= 0.3 is 0 Å². The normalized spacial score (nSPS) is 22.1. The van der Waals surface area contributed by atoms with Crippen molar-refractivity contribution in [1.29, 1.82) is 0 Å². The van der Waals surface area contributed by atoms with Gasteiger partial charge in [-0.3, -0.25) is 0 Å². The van der Waals surface area contributed by atoms with E-state index in [-0.39, 0.29) is 6.10 Å². The first-order valence-electron chi connectivity index (χ1n) is 4.85. The number of hydrogen-bond acceptors (Lipinski definition) is 2. The lowest BCUT2D eigenvalue weighted by Gasteiger charge is -2.23. The van der Waals surface area contributed by atoms with E-state index in [1.807, 2.05) is 0 Å². The molecule has 1 aliphatic rings. The zero-order valence-electron chi connectivity index (χ0n) is 7.79. The number of rotatable bonds is 4. The van der Waals surface area contributed by atoms with Gasteiger partial charge in [0.2, 0.25) is 0 Å². The van der Waals surface area contributed by atoms with E-state index in [1.54, 1.807) is 7.11 Å². The molecule has 0 aliphatic heterocycles. The highest BCUT2D eigenvalue weighted by molar-refractivity contribution is 5.55. The second-order valence-electron chi connectivity index (χ2n) is 3.65. The van der Waals surface area contributed by atoms with Crippen LogP contribution in [0.2, 0.25) is 0 Å². The van der Waals surface area contributed by atoms with Crippen molar-refractivity contribution in [3.63, 3.8) is 0 Å². The second kappa shape index (κ2) is 5.31. The summed E-state index contributed by atoms with van der Waals surface area (Å²) in [5.41, 5.74) is 0. The molecule has 1 saturated carbocycles. The van der Waals surface area contributed by atoms with Crippen molar-refractivity contribution >= 4 is 6.29 Å². The molecular formula is C10H18O2. The molecule has 0 bridgehead atoms.